The molecule has 0 atom stereocenters. The van der Waals surface area contributed by atoms with Crippen LogP contribution in [0.1, 0.15) is 11.1 Å². The van der Waals surface area contributed by atoms with E-state index in [1.165, 1.54) is 11.1 Å². The van der Waals surface area contributed by atoms with Crippen LogP contribution in [-0.4, -0.2) is 15.2 Å². The Kier molecular flexibility index (Phi) is 3.47. The van der Waals surface area contributed by atoms with Crippen LogP contribution in [0.3, 0.4) is 0 Å². The van der Waals surface area contributed by atoms with E-state index in [4.69, 9.17) is 4.98 Å². The molecule has 0 spiro atoms. The van der Waals surface area contributed by atoms with Gasteiger partial charge in [-0.15, -0.1) is 0 Å². The topological polar surface area (TPSA) is 53.4 Å². The van der Waals surface area contributed by atoms with Crippen LogP contribution in [0, 0.1) is 0 Å². The highest BCUT2D eigenvalue weighted by atomic mass is 16.3. The third-order valence-corrected chi connectivity index (χ3v) is 5.07. The van der Waals surface area contributed by atoms with Crippen molar-refractivity contribution < 1.29 is 10.2 Å². The highest BCUT2D eigenvalue weighted by Gasteiger charge is 2.25. The molecular weight excluding hydrogens is 334 g/mol. The fraction of sp³-hybridized carbons (Fsp3) is 0.0417. The quantitative estimate of drug-likeness (QED) is 0.448. The number of aromatic nitrogens is 1. The molecule has 27 heavy (non-hydrogen) atoms. The minimum Gasteiger partial charge on any atom is -0.508 e. The fourth-order valence-corrected chi connectivity index (χ4v) is 3.79. The molecule has 0 bridgehead atoms. The lowest BCUT2D eigenvalue weighted by Gasteiger charge is -2.12. The van der Waals surface area contributed by atoms with Crippen LogP contribution in [0.2, 0.25) is 0 Å². The van der Waals surface area contributed by atoms with Crippen LogP contribution < -0.4 is 0 Å². The van der Waals surface area contributed by atoms with Crippen LogP contribution in [0.25, 0.3) is 33.6 Å². The third kappa shape index (κ3) is 2.64. The summed E-state index contributed by atoms with van der Waals surface area (Å²) in [5.41, 5.74) is 8.16. The first-order valence-electron chi connectivity index (χ1n) is 8.90. The second-order valence-electron chi connectivity index (χ2n) is 6.82. The van der Waals surface area contributed by atoms with Gasteiger partial charge in [0, 0.05) is 17.5 Å². The lowest BCUT2D eigenvalue weighted by Crippen LogP contribution is -1.94. The summed E-state index contributed by atoms with van der Waals surface area (Å²) in [6.07, 6.45) is 0.794. The molecule has 1 aliphatic rings. The number of phenolic OH excluding ortho intramolecular Hbond substituents is 2. The average Bonchev–Trinajstić information content (AvgIpc) is 3.06. The second-order valence-corrected chi connectivity index (χ2v) is 6.82. The maximum absolute atomic E-state index is 9.97. The molecule has 1 heterocycles. The second kappa shape index (κ2) is 5.99. The Bertz CT molecular complexity index is 1170. The molecular formula is C24H17NO2. The maximum Gasteiger partial charge on any atom is 0.116 e. The summed E-state index contributed by atoms with van der Waals surface area (Å²) in [4.78, 5) is 4.91. The molecule has 2 N–H and O–H groups in total. The van der Waals surface area contributed by atoms with Crippen LogP contribution in [0.15, 0.2) is 78.9 Å². The molecule has 0 saturated carbocycles. The summed E-state index contributed by atoms with van der Waals surface area (Å²) < 4.78 is 0. The van der Waals surface area contributed by atoms with Crippen molar-refractivity contribution in [2.24, 2.45) is 0 Å². The Balaban J connectivity index is 1.80. The number of aromatic hydroxyl groups is 2. The van der Waals surface area contributed by atoms with Gasteiger partial charge in [-0.25, -0.2) is 4.98 Å². The standard InChI is InChI=1S/C24H17NO2/c26-18-8-4-7-17(11-18)23-14-20(15-5-2-1-3-6-15)22-12-16-9-10-19(27)13-21(16)24(22)25-23/h1-11,13-14,26-27H,12H2. The molecule has 3 aromatic carbocycles. The van der Waals surface area contributed by atoms with E-state index in [-0.39, 0.29) is 11.5 Å². The van der Waals surface area contributed by atoms with Gasteiger partial charge in [-0.2, -0.15) is 0 Å². The van der Waals surface area contributed by atoms with E-state index in [9.17, 15) is 10.2 Å². The Hall–Kier alpha value is -3.59. The first-order valence-corrected chi connectivity index (χ1v) is 8.90. The Morgan fingerprint density at radius 3 is 2.26 bits per heavy atom. The number of fused-ring (bicyclic) bond motifs is 3. The van der Waals surface area contributed by atoms with Gasteiger partial charge >= 0.3 is 0 Å². The van der Waals surface area contributed by atoms with Gasteiger partial charge in [0.2, 0.25) is 0 Å². The average molecular weight is 351 g/mol. The normalized spacial score (nSPS) is 11.9. The molecule has 1 aliphatic carbocycles. The summed E-state index contributed by atoms with van der Waals surface area (Å²) in [7, 11) is 0. The Labute approximate surface area is 157 Å². The number of pyridine rings is 1. The summed E-state index contributed by atoms with van der Waals surface area (Å²) in [6.45, 7) is 0. The molecule has 0 unspecified atom stereocenters. The van der Waals surface area contributed by atoms with E-state index >= 15 is 0 Å². The minimum atomic E-state index is 0.217. The van der Waals surface area contributed by atoms with E-state index in [1.54, 1.807) is 24.3 Å². The van der Waals surface area contributed by atoms with Gasteiger partial charge in [0.05, 0.1) is 11.4 Å². The molecule has 0 saturated heterocycles. The zero-order valence-corrected chi connectivity index (χ0v) is 14.6. The molecule has 0 radical (unpaired) electrons. The molecule has 0 aliphatic heterocycles. The van der Waals surface area contributed by atoms with Crippen molar-refractivity contribution in [3.63, 3.8) is 0 Å². The summed E-state index contributed by atoms with van der Waals surface area (Å²) >= 11 is 0. The highest BCUT2D eigenvalue weighted by molar-refractivity contribution is 5.86. The van der Waals surface area contributed by atoms with Crippen molar-refractivity contribution in [3.05, 3.63) is 90.0 Å². The fourth-order valence-electron chi connectivity index (χ4n) is 3.79. The van der Waals surface area contributed by atoms with Gasteiger partial charge in [-0.05, 0) is 52.6 Å². The summed E-state index contributed by atoms with van der Waals surface area (Å²) in [6, 6.07) is 25.0. The number of nitrogens with zero attached hydrogens (tertiary/aromatic N) is 1. The summed E-state index contributed by atoms with van der Waals surface area (Å²) in [5, 5.41) is 19.9. The van der Waals surface area contributed by atoms with Crippen molar-refractivity contribution >= 4 is 0 Å². The predicted octanol–water partition coefficient (Wildman–Crippen LogP) is 5.40. The van der Waals surface area contributed by atoms with Crippen molar-refractivity contribution in [2.75, 3.05) is 0 Å². The molecule has 0 fully saturated rings. The molecule has 4 aromatic rings. The van der Waals surface area contributed by atoms with E-state index < -0.39 is 0 Å². The van der Waals surface area contributed by atoms with Crippen molar-refractivity contribution in [3.8, 4) is 45.1 Å². The number of hydrogen-bond donors (Lipinski definition) is 2. The SMILES string of the molecule is Oc1cccc(-c2cc(-c3ccccc3)c3c(n2)-c2cc(O)ccc2C3)c1. The number of hydrogen-bond acceptors (Lipinski definition) is 3. The van der Waals surface area contributed by atoms with Gasteiger partial charge in [0.25, 0.3) is 0 Å². The van der Waals surface area contributed by atoms with Crippen LogP contribution in [-0.2, 0) is 6.42 Å². The van der Waals surface area contributed by atoms with Crippen molar-refractivity contribution in [2.45, 2.75) is 6.42 Å². The first-order chi connectivity index (χ1) is 13.2. The minimum absolute atomic E-state index is 0.217. The lowest BCUT2D eigenvalue weighted by atomic mass is 9.96. The van der Waals surface area contributed by atoms with Gasteiger partial charge in [-0.3, -0.25) is 0 Å². The van der Waals surface area contributed by atoms with E-state index in [0.29, 0.717) is 0 Å². The molecule has 1 aromatic heterocycles. The van der Waals surface area contributed by atoms with Gasteiger partial charge < -0.3 is 10.2 Å². The van der Waals surface area contributed by atoms with Crippen LogP contribution >= 0.6 is 0 Å². The van der Waals surface area contributed by atoms with Crippen molar-refractivity contribution in [1.82, 2.24) is 4.98 Å². The van der Waals surface area contributed by atoms with Crippen LogP contribution in [0.5, 0.6) is 11.5 Å². The Morgan fingerprint density at radius 1 is 0.667 bits per heavy atom. The smallest absolute Gasteiger partial charge is 0.116 e. The predicted molar refractivity (Wildman–Crippen MR) is 107 cm³/mol. The largest absolute Gasteiger partial charge is 0.508 e. The van der Waals surface area contributed by atoms with Gasteiger partial charge in [0.15, 0.2) is 0 Å². The first kappa shape index (κ1) is 15.6. The van der Waals surface area contributed by atoms with E-state index in [1.807, 2.05) is 36.4 Å². The zero-order valence-electron chi connectivity index (χ0n) is 14.6. The number of rotatable bonds is 2. The number of phenols is 2. The van der Waals surface area contributed by atoms with Gasteiger partial charge in [-0.1, -0.05) is 48.5 Å². The molecule has 3 nitrogen and oxygen atoms in total. The molecule has 130 valence electrons. The molecule has 3 heteroatoms. The maximum atomic E-state index is 9.97. The zero-order chi connectivity index (χ0) is 18.4. The van der Waals surface area contributed by atoms with E-state index in [0.717, 1.165) is 40.1 Å². The molecule has 0 amide bonds. The summed E-state index contributed by atoms with van der Waals surface area (Å²) in [5.74, 6) is 0.460. The number of benzene rings is 3. The van der Waals surface area contributed by atoms with Gasteiger partial charge in [0.1, 0.15) is 11.5 Å². The van der Waals surface area contributed by atoms with E-state index in [2.05, 4.69) is 18.2 Å². The van der Waals surface area contributed by atoms with Crippen LogP contribution in [0.4, 0.5) is 0 Å². The highest BCUT2D eigenvalue weighted by Crippen LogP contribution is 2.43. The third-order valence-electron chi connectivity index (χ3n) is 5.07. The van der Waals surface area contributed by atoms with Crippen molar-refractivity contribution in [1.29, 1.82) is 0 Å². The molecule has 5 rings (SSSR count). The monoisotopic (exact) mass is 351 g/mol. The Morgan fingerprint density at radius 2 is 1.44 bits per heavy atom. The lowest BCUT2D eigenvalue weighted by molar-refractivity contribution is 0.475.